The highest BCUT2D eigenvalue weighted by molar-refractivity contribution is 6.08. The van der Waals surface area contributed by atoms with Crippen LogP contribution in [0, 0.1) is 11.3 Å². The van der Waals surface area contributed by atoms with E-state index < -0.39 is 0 Å². The fourth-order valence-corrected chi connectivity index (χ4v) is 4.14. The van der Waals surface area contributed by atoms with Crippen LogP contribution in [0.5, 0.6) is 0 Å². The third kappa shape index (κ3) is 4.02. The van der Waals surface area contributed by atoms with Crippen molar-refractivity contribution < 1.29 is 9.53 Å². The summed E-state index contributed by atoms with van der Waals surface area (Å²) < 4.78 is 7.03. The Labute approximate surface area is 165 Å². The van der Waals surface area contributed by atoms with Gasteiger partial charge in [-0.25, -0.2) is 4.52 Å². The first-order chi connectivity index (χ1) is 13.6. The molecule has 2 saturated heterocycles. The number of pyridine rings is 1. The van der Waals surface area contributed by atoms with Crippen LogP contribution < -0.4 is 10.2 Å². The lowest BCUT2D eigenvalue weighted by Gasteiger charge is -2.31. The van der Waals surface area contributed by atoms with Gasteiger partial charge in [0.05, 0.1) is 24.0 Å². The summed E-state index contributed by atoms with van der Waals surface area (Å²) in [5.74, 6) is 0.718. The van der Waals surface area contributed by atoms with Crippen LogP contribution in [0.3, 0.4) is 0 Å². The summed E-state index contributed by atoms with van der Waals surface area (Å²) in [4.78, 5) is 15.8. The number of likely N-dealkylation sites (tertiary alicyclic amines) is 1. The Morgan fingerprint density at radius 1 is 1.32 bits per heavy atom. The average molecular weight is 384 g/mol. The van der Waals surface area contributed by atoms with E-state index in [1.807, 2.05) is 15.6 Å². The molecular weight excluding hydrogens is 356 g/mol. The molecule has 8 heteroatoms. The average Bonchev–Trinajstić information content (AvgIpc) is 3.10. The molecular formula is C20H28N6O2. The maximum Gasteiger partial charge on any atom is 0.228 e. The van der Waals surface area contributed by atoms with Crippen molar-refractivity contribution in [1.29, 1.82) is 5.41 Å². The number of rotatable bonds is 6. The van der Waals surface area contributed by atoms with Gasteiger partial charge in [0, 0.05) is 32.8 Å². The Morgan fingerprint density at radius 2 is 2.14 bits per heavy atom. The highest BCUT2D eigenvalue weighted by atomic mass is 16.5. The normalized spacial score (nSPS) is 19.4. The van der Waals surface area contributed by atoms with E-state index in [-0.39, 0.29) is 11.9 Å². The zero-order valence-corrected chi connectivity index (χ0v) is 16.4. The number of hydrogen-bond acceptors (Lipinski definition) is 5. The van der Waals surface area contributed by atoms with Crippen LogP contribution in [0.25, 0.3) is 5.52 Å². The van der Waals surface area contributed by atoms with Crippen molar-refractivity contribution in [2.45, 2.75) is 25.7 Å². The summed E-state index contributed by atoms with van der Waals surface area (Å²) in [7, 11) is 1.76. The van der Waals surface area contributed by atoms with E-state index in [1.165, 1.54) is 18.4 Å². The van der Waals surface area contributed by atoms with Crippen LogP contribution in [0.4, 0.5) is 5.69 Å². The van der Waals surface area contributed by atoms with E-state index in [9.17, 15) is 4.79 Å². The minimum Gasteiger partial charge on any atom is -0.383 e. The molecule has 2 aliphatic rings. The van der Waals surface area contributed by atoms with Crippen molar-refractivity contribution in [3.05, 3.63) is 30.1 Å². The SMILES string of the molecule is COCCN1CCC(Cc2ccn3ncc(N4CCC(=O)NC4=N)c3c2)CC1. The molecule has 0 atom stereocenters. The van der Waals surface area contributed by atoms with Crippen molar-refractivity contribution in [3.8, 4) is 0 Å². The first kappa shape index (κ1) is 18.9. The maximum atomic E-state index is 11.5. The third-order valence-electron chi connectivity index (χ3n) is 5.79. The Morgan fingerprint density at radius 3 is 2.89 bits per heavy atom. The number of fused-ring (bicyclic) bond motifs is 1. The lowest BCUT2D eigenvalue weighted by molar-refractivity contribution is -0.119. The molecule has 2 aromatic heterocycles. The predicted octanol–water partition coefficient (Wildman–Crippen LogP) is 1.50. The van der Waals surface area contributed by atoms with Crippen LogP contribution >= 0.6 is 0 Å². The number of nitrogens with one attached hydrogen (secondary N) is 2. The van der Waals surface area contributed by atoms with E-state index in [2.05, 4.69) is 27.4 Å². The molecule has 0 saturated carbocycles. The third-order valence-corrected chi connectivity index (χ3v) is 5.79. The summed E-state index contributed by atoms with van der Waals surface area (Å²) >= 11 is 0. The number of anilines is 1. The smallest absolute Gasteiger partial charge is 0.228 e. The van der Waals surface area contributed by atoms with Gasteiger partial charge >= 0.3 is 0 Å². The van der Waals surface area contributed by atoms with Gasteiger partial charge in [-0.2, -0.15) is 5.10 Å². The predicted molar refractivity (Wildman–Crippen MR) is 108 cm³/mol. The number of guanidine groups is 1. The van der Waals surface area contributed by atoms with Crippen LogP contribution in [0.2, 0.25) is 0 Å². The molecule has 2 aromatic rings. The first-order valence-corrected chi connectivity index (χ1v) is 9.97. The Balaban J connectivity index is 1.45. The van der Waals surface area contributed by atoms with Gasteiger partial charge in [0.2, 0.25) is 11.9 Å². The van der Waals surface area contributed by atoms with Gasteiger partial charge in [-0.3, -0.25) is 15.5 Å². The molecule has 28 heavy (non-hydrogen) atoms. The van der Waals surface area contributed by atoms with Gasteiger partial charge in [-0.1, -0.05) is 0 Å². The van der Waals surface area contributed by atoms with Gasteiger partial charge in [0.25, 0.3) is 0 Å². The van der Waals surface area contributed by atoms with Crippen LogP contribution in [-0.4, -0.2) is 66.3 Å². The van der Waals surface area contributed by atoms with Gasteiger partial charge < -0.3 is 14.5 Å². The van der Waals surface area contributed by atoms with E-state index in [0.29, 0.717) is 18.9 Å². The number of ether oxygens (including phenoxy) is 1. The number of carbonyl (C=O) groups is 1. The fourth-order valence-electron chi connectivity index (χ4n) is 4.14. The van der Waals surface area contributed by atoms with Gasteiger partial charge in [-0.05, 0) is 56.0 Å². The molecule has 0 spiro atoms. The van der Waals surface area contributed by atoms with Gasteiger partial charge in [-0.15, -0.1) is 0 Å². The molecule has 1 amide bonds. The zero-order chi connectivity index (χ0) is 19.5. The summed E-state index contributed by atoms with van der Waals surface area (Å²) in [6, 6.07) is 4.33. The molecule has 0 radical (unpaired) electrons. The molecule has 2 N–H and O–H groups in total. The van der Waals surface area contributed by atoms with E-state index >= 15 is 0 Å². The lowest BCUT2D eigenvalue weighted by atomic mass is 9.90. The Hall–Kier alpha value is -2.45. The lowest BCUT2D eigenvalue weighted by Crippen LogP contribution is -2.50. The second kappa shape index (κ2) is 8.28. The van der Waals surface area contributed by atoms with Crippen molar-refractivity contribution in [1.82, 2.24) is 19.8 Å². The van der Waals surface area contributed by atoms with Crippen LogP contribution in [0.15, 0.2) is 24.5 Å². The number of carbonyl (C=O) groups excluding carboxylic acids is 1. The topological polar surface area (TPSA) is 86.0 Å². The van der Waals surface area contributed by atoms with E-state index in [0.717, 1.165) is 43.9 Å². The molecule has 150 valence electrons. The molecule has 0 aromatic carbocycles. The monoisotopic (exact) mass is 384 g/mol. The summed E-state index contributed by atoms with van der Waals surface area (Å²) in [5.41, 5.74) is 3.16. The maximum absolute atomic E-state index is 11.5. The van der Waals surface area contributed by atoms with E-state index in [1.54, 1.807) is 13.3 Å². The number of piperidine rings is 1. The quantitative estimate of drug-likeness (QED) is 0.788. The molecule has 2 fully saturated rings. The summed E-state index contributed by atoms with van der Waals surface area (Å²) in [5, 5.41) is 15.1. The number of methoxy groups -OCH3 is 1. The number of amides is 1. The highest BCUT2D eigenvalue weighted by Crippen LogP contribution is 2.26. The largest absolute Gasteiger partial charge is 0.383 e. The second-order valence-electron chi connectivity index (χ2n) is 7.67. The molecule has 4 rings (SSSR count). The van der Waals surface area contributed by atoms with Crippen molar-refractivity contribution in [2.75, 3.05) is 44.8 Å². The highest BCUT2D eigenvalue weighted by Gasteiger charge is 2.24. The number of aromatic nitrogens is 2. The first-order valence-electron chi connectivity index (χ1n) is 9.97. The Kier molecular flexibility index (Phi) is 5.59. The minimum atomic E-state index is -0.102. The minimum absolute atomic E-state index is 0.102. The zero-order valence-electron chi connectivity index (χ0n) is 16.4. The second-order valence-corrected chi connectivity index (χ2v) is 7.67. The molecule has 0 unspecified atom stereocenters. The van der Waals surface area contributed by atoms with E-state index in [4.69, 9.17) is 10.1 Å². The molecule has 0 bridgehead atoms. The summed E-state index contributed by atoms with van der Waals surface area (Å²) in [6.07, 6.45) is 7.65. The van der Waals surface area contributed by atoms with Crippen LogP contribution in [-0.2, 0) is 16.0 Å². The van der Waals surface area contributed by atoms with Gasteiger partial charge in [0.1, 0.15) is 0 Å². The van der Waals surface area contributed by atoms with Crippen molar-refractivity contribution in [3.63, 3.8) is 0 Å². The molecule has 2 aliphatic heterocycles. The molecule has 0 aliphatic carbocycles. The molecule has 4 heterocycles. The Bertz CT molecular complexity index is 855. The molecule has 8 nitrogen and oxygen atoms in total. The summed E-state index contributed by atoms with van der Waals surface area (Å²) in [6.45, 7) is 4.61. The number of nitrogens with zero attached hydrogens (tertiary/aromatic N) is 4. The van der Waals surface area contributed by atoms with Gasteiger partial charge in [0.15, 0.2) is 0 Å². The van der Waals surface area contributed by atoms with Crippen molar-refractivity contribution >= 4 is 23.1 Å². The van der Waals surface area contributed by atoms with Crippen molar-refractivity contribution in [2.24, 2.45) is 5.92 Å². The number of hydrogen-bond donors (Lipinski definition) is 2. The van der Waals surface area contributed by atoms with Crippen LogP contribution in [0.1, 0.15) is 24.8 Å². The standard InChI is InChI=1S/C20H28N6O2/c1-28-11-10-24-6-2-15(3-7-24)12-16-4-9-26-17(13-16)18(14-22-26)25-8-5-19(27)23-20(25)21/h4,9,13-15H,2-3,5-8,10-12H2,1H3,(H2,21,23,27). The fraction of sp³-hybridized carbons (Fsp3) is 0.550.